The van der Waals surface area contributed by atoms with Gasteiger partial charge in [0.2, 0.25) is 10.0 Å². The van der Waals surface area contributed by atoms with Crippen LogP contribution >= 0.6 is 11.6 Å². The Morgan fingerprint density at radius 2 is 2.05 bits per heavy atom. The molecule has 0 spiro atoms. The van der Waals surface area contributed by atoms with Crippen LogP contribution in [0.25, 0.3) is 0 Å². The molecule has 1 aromatic rings. The van der Waals surface area contributed by atoms with Crippen LogP contribution in [0.5, 0.6) is 0 Å². The van der Waals surface area contributed by atoms with Gasteiger partial charge in [0, 0.05) is 0 Å². The molecule has 0 heterocycles. The maximum atomic E-state index is 12.2. The van der Waals surface area contributed by atoms with Crippen molar-refractivity contribution in [3.05, 3.63) is 34.3 Å². The molecule has 1 amide bonds. The Labute approximate surface area is 118 Å². The van der Waals surface area contributed by atoms with Gasteiger partial charge in [-0.05, 0) is 38.3 Å². The van der Waals surface area contributed by atoms with Crippen molar-refractivity contribution < 1.29 is 13.2 Å². The molecule has 0 atom stereocenters. The summed E-state index contributed by atoms with van der Waals surface area (Å²) >= 11 is 5.93. The third-order valence-electron chi connectivity index (χ3n) is 3.62. The van der Waals surface area contributed by atoms with Gasteiger partial charge in [0.1, 0.15) is 0 Å². The normalized spacial score (nSPS) is 17.0. The van der Waals surface area contributed by atoms with E-state index in [1.165, 1.54) is 0 Å². The van der Waals surface area contributed by atoms with Crippen LogP contribution in [0.2, 0.25) is 5.02 Å². The lowest BCUT2D eigenvalue weighted by Crippen LogP contribution is -2.39. The summed E-state index contributed by atoms with van der Waals surface area (Å²) in [4.78, 5) is 12.0. The van der Waals surface area contributed by atoms with Crippen LogP contribution in [0.15, 0.2) is 18.2 Å². The number of carbonyl (C=O) groups excluding carboxylic acids is 1. The molecule has 0 aromatic heterocycles. The maximum Gasteiger partial charge on any atom is 0.266 e. The lowest BCUT2D eigenvalue weighted by atomic mass is 10.1. The number of hydrogen-bond donors (Lipinski definition) is 1. The number of carbonyl (C=O) groups is 1. The van der Waals surface area contributed by atoms with Gasteiger partial charge < -0.3 is 0 Å². The van der Waals surface area contributed by atoms with Crippen molar-refractivity contribution in [3.63, 3.8) is 0 Å². The third kappa shape index (κ3) is 2.62. The van der Waals surface area contributed by atoms with Gasteiger partial charge in [-0.15, -0.1) is 0 Å². The molecule has 0 unspecified atom stereocenters. The largest absolute Gasteiger partial charge is 0.268 e. The standard InChI is InChI=1S/C13H16ClNO3S/c1-3-13(6-7-13)19(17,18)15-12(16)10-8-9(2)4-5-11(10)14/h4-5,8H,3,6-7H2,1-2H3,(H,15,16). The first kappa shape index (κ1) is 14.3. The molecule has 1 aromatic carbocycles. The Bertz CT molecular complexity index is 621. The van der Waals surface area contributed by atoms with E-state index in [-0.39, 0.29) is 10.6 Å². The lowest BCUT2D eigenvalue weighted by Gasteiger charge is -2.15. The van der Waals surface area contributed by atoms with E-state index in [4.69, 9.17) is 11.6 Å². The van der Waals surface area contributed by atoms with Crippen LogP contribution in [0.1, 0.15) is 42.1 Å². The van der Waals surface area contributed by atoms with Gasteiger partial charge in [-0.1, -0.05) is 30.2 Å². The number of nitrogens with one attached hydrogen (secondary N) is 1. The van der Waals surface area contributed by atoms with Crippen LogP contribution in [0, 0.1) is 6.92 Å². The van der Waals surface area contributed by atoms with Gasteiger partial charge in [-0.3, -0.25) is 4.79 Å². The predicted octanol–water partition coefficient (Wildman–Crippen LogP) is 2.65. The van der Waals surface area contributed by atoms with Crippen LogP contribution in [-0.2, 0) is 10.0 Å². The molecule has 1 aliphatic carbocycles. The monoisotopic (exact) mass is 301 g/mol. The number of halogens is 1. The van der Waals surface area contributed by atoms with Gasteiger partial charge >= 0.3 is 0 Å². The summed E-state index contributed by atoms with van der Waals surface area (Å²) in [5, 5.41) is 0.250. The van der Waals surface area contributed by atoms with Crippen molar-refractivity contribution in [1.82, 2.24) is 4.72 Å². The number of benzene rings is 1. The minimum Gasteiger partial charge on any atom is -0.268 e. The fourth-order valence-electron chi connectivity index (χ4n) is 2.05. The minimum atomic E-state index is -3.63. The van der Waals surface area contributed by atoms with E-state index in [2.05, 4.69) is 4.72 Å². The average molecular weight is 302 g/mol. The highest BCUT2D eigenvalue weighted by Crippen LogP contribution is 2.45. The molecule has 0 saturated heterocycles. The molecular formula is C13H16ClNO3S. The number of hydrogen-bond acceptors (Lipinski definition) is 3. The highest BCUT2D eigenvalue weighted by Gasteiger charge is 2.53. The Morgan fingerprint density at radius 1 is 1.42 bits per heavy atom. The molecule has 0 bridgehead atoms. The Morgan fingerprint density at radius 3 is 2.58 bits per heavy atom. The Hall–Kier alpha value is -1.07. The van der Waals surface area contributed by atoms with Gasteiger partial charge in [0.25, 0.3) is 5.91 Å². The van der Waals surface area contributed by atoms with Crippen LogP contribution in [-0.4, -0.2) is 19.1 Å². The molecule has 2 rings (SSSR count). The first-order valence-electron chi connectivity index (χ1n) is 6.14. The molecule has 4 nitrogen and oxygen atoms in total. The molecule has 1 fully saturated rings. The van der Waals surface area contributed by atoms with Crippen molar-refractivity contribution in [3.8, 4) is 0 Å². The first-order chi connectivity index (χ1) is 8.81. The van der Waals surface area contributed by atoms with Crippen molar-refractivity contribution in [2.75, 3.05) is 0 Å². The second-order valence-electron chi connectivity index (χ2n) is 4.95. The highest BCUT2D eigenvalue weighted by atomic mass is 35.5. The second-order valence-corrected chi connectivity index (χ2v) is 7.44. The van der Waals surface area contributed by atoms with Crippen LogP contribution in [0.3, 0.4) is 0 Å². The highest BCUT2D eigenvalue weighted by molar-refractivity contribution is 7.91. The first-order valence-corrected chi connectivity index (χ1v) is 8.00. The summed E-state index contributed by atoms with van der Waals surface area (Å²) in [6, 6.07) is 4.94. The second kappa shape index (κ2) is 4.80. The van der Waals surface area contributed by atoms with E-state index in [1.54, 1.807) is 18.2 Å². The Balaban J connectivity index is 2.25. The molecule has 1 N–H and O–H groups in total. The molecular weight excluding hydrogens is 286 g/mol. The minimum absolute atomic E-state index is 0.192. The Kier molecular flexibility index (Phi) is 3.62. The summed E-state index contributed by atoms with van der Waals surface area (Å²) in [7, 11) is -3.63. The zero-order valence-electron chi connectivity index (χ0n) is 10.9. The van der Waals surface area contributed by atoms with Crippen molar-refractivity contribution >= 4 is 27.5 Å². The van der Waals surface area contributed by atoms with Crippen molar-refractivity contribution in [2.24, 2.45) is 0 Å². The van der Waals surface area contributed by atoms with Crippen molar-refractivity contribution in [2.45, 2.75) is 37.9 Å². The van der Waals surface area contributed by atoms with Crippen LogP contribution < -0.4 is 4.72 Å². The number of rotatable bonds is 4. The SMILES string of the molecule is CCC1(S(=O)(=O)NC(=O)c2cc(C)ccc2Cl)CC1. The van der Waals surface area contributed by atoms with Gasteiger partial charge in [0.05, 0.1) is 15.3 Å². The molecule has 6 heteroatoms. The summed E-state index contributed by atoms with van der Waals surface area (Å²) in [5.74, 6) is -0.659. The number of aryl methyl sites for hydroxylation is 1. The maximum absolute atomic E-state index is 12.2. The summed E-state index contributed by atoms with van der Waals surface area (Å²) in [6.45, 7) is 3.63. The van der Waals surface area contributed by atoms with Gasteiger partial charge in [-0.2, -0.15) is 0 Å². The van der Waals surface area contributed by atoms with E-state index in [0.717, 1.165) is 5.56 Å². The smallest absolute Gasteiger partial charge is 0.266 e. The third-order valence-corrected chi connectivity index (χ3v) is 6.24. The fourth-order valence-corrected chi connectivity index (χ4v) is 3.84. The van der Waals surface area contributed by atoms with Gasteiger partial charge in [-0.25, -0.2) is 13.1 Å². The molecule has 1 aliphatic rings. The van der Waals surface area contributed by atoms with E-state index < -0.39 is 20.7 Å². The summed E-state index contributed by atoms with van der Waals surface area (Å²) in [6.07, 6.45) is 1.72. The van der Waals surface area contributed by atoms with Crippen LogP contribution in [0.4, 0.5) is 0 Å². The van der Waals surface area contributed by atoms with E-state index in [1.807, 2.05) is 13.8 Å². The summed E-state index contributed by atoms with van der Waals surface area (Å²) < 4.78 is 25.7. The van der Waals surface area contributed by atoms with Gasteiger partial charge in [0.15, 0.2) is 0 Å². The zero-order valence-corrected chi connectivity index (χ0v) is 12.4. The van der Waals surface area contributed by atoms with E-state index in [0.29, 0.717) is 19.3 Å². The summed E-state index contributed by atoms with van der Waals surface area (Å²) in [5.41, 5.74) is 1.04. The predicted molar refractivity (Wildman–Crippen MR) is 74.8 cm³/mol. The molecule has 104 valence electrons. The molecule has 19 heavy (non-hydrogen) atoms. The molecule has 1 saturated carbocycles. The number of sulfonamides is 1. The molecule has 0 aliphatic heterocycles. The topological polar surface area (TPSA) is 63.2 Å². The average Bonchev–Trinajstić information content (AvgIpc) is 3.12. The van der Waals surface area contributed by atoms with E-state index >= 15 is 0 Å². The fraction of sp³-hybridized carbons (Fsp3) is 0.462. The molecule has 0 radical (unpaired) electrons. The zero-order chi connectivity index (χ0) is 14.3. The lowest BCUT2D eigenvalue weighted by molar-refractivity contribution is 0.0981. The van der Waals surface area contributed by atoms with Crippen molar-refractivity contribution in [1.29, 1.82) is 0 Å². The van der Waals surface area contributed by atoms with E-state index in [9.17, 15) is 13.2 Å². The number of amides is 1. The quantitative estimate of drug-likeness (QED) is 0.930.